The lowest BCUT2D eigenvalue weighted by molar-refractivity contribution is 0.102. The molecule has 0 heterocycles. The van der Waals surface area contributed by atoms with Crippen molar-refractivity contribution in [2.45, 2.75) is 6.92 Å². The third-order valence-electron chi connectivity index (χ3n) is 3.13. The van der Waals surface area contributed by atoms with Crippen LogP contribution in [0.3, 0.4) is 0 Å². The first-order valence-electron chi connectivity index (χ1n) is 6.82. The van der Waals surface area contributed by atoms with Gasteiger partial charge in [-0.25, -0.2) is 8.42 Å². The van der Waals surface area contributed by atoms with Crippen LogP contribution in [-0.4, -0.2) is 27.7 Å². The molecule has 0 saturated heterocycles. The summed E-state index contributed by atoms with van der Waals surface area (Å²) in [5, 5.41) is 2.77. The molecule has 0 aliphatic rings. The van der Waals surface area contributed by atoms with Crippen LogP contribution in [0, 0.1) is 6.92 Å². The molecule has 2 aromatic carbocycles. The predicted octanol–water partition coefficient (Wildman–Crippen LogP) is 2.63. The molecule has 23 heavy (non-hydrogen) atoms. The SMILES string of the molecule is COc1ccc(NC(=O)c2ccc(NS(C)(=O)=O)c(C)c2)cc1. The summed E-state index contributed by atoms with van der Waals surface area (Å²) < 4.78 is 30.0. The molecule has 122 valence electrons. The van der Waals surface area contributed by atoms with Gasteiger partial charge in [0.25, 0.3) is 5.91 Å². The Morgan fingerprint density at radius 3 is 2.26 bits per heavy atom. The van der Waals surface area contributed by atoms with Gasteiger partial charge in [0.2, 0.25) is 10.0 Å². The minimum absolute atomic E-state index is 0.274. The van der Waals surface area contributed by atoms with Crippen LogP contribution >= 0.6 is 0 Å². The second-order valence-electron chi connectivity index (χ2n) is 5.09. The van der Waals surface area contributed by atoms with Crippen LogP contribution in [0.2, 0.25) is 0 Å². The number of amides is 1. The summed E-state index contributed by atoms with van der Waals surface area (Å²) in [6.45, 7) is 1.73. The van der Waals surface area contributed by atoms with E-state index in [-0.39, 0.29) is 5.91 Å². The van der Waals surface area contributed by atoms with Crippen molar-refractivity contribution in [3.63, 3.8) is 0 Å². The van der Waals surface area contributed by atoms with Crippen LogP contribution in [0.5, 0.6) is 5.75 Å². The van der Waals surface area contributed by atoms with Crippen LogP contribution < -0.4 is 14.8 Å². The first kappa shape index (κ1) is 16.8. The van der Waals surface area contributed by atoms with E-state index in [1.165, 1.54) is 0 Å². The lowest BCUT2D eigenvalue weighted by Gasteiger charge is -2.10. The van der Waals surface area contributed by atoms with E-state index in [9.17, 15) is 13.2 Å². The van der Waals surface area contributed by atoms with Gasteiger partial charge in [-0.15, -0.1) is 0 Å². The van der Waals surface area contributed by atoms with Crippen LogP contribution in [0.25, 0.3) is 0 Å². The number of carbonyl (C=O) groups is 1. The molecule has 7 heteroatoms. The molecule has 0 aliphatic carbocycles. The molecule has 1 amide bonds. The Kier molecular flexibility index (Phi) is 4.90. The van der Waals surface area contributed by atoms with Gasteiger partial charge < -0.3 is 10.1 Å². The summed E-state index contributed by atoms with van der Waals surface area (Å²) in [7, 11) is -1.78. The van der Waals surface area contributed by atoms with Gasteiger partial charge in [0.1, 0.15) is 5.75 Å². The molecule has 2 N–H and O–H groups in total. The van der Waals surface area contributed by atoms with E-state index in [1.54, 1.807) is 56.5 Å². The van der Waals surface area contributed by atoms with Crippen molar-refractivity contribution < 1.29 is 17.9 Å². The zero-order valence-corrected chi connectivity index (χ0v) is 13.9. The van der Waals surface area contributed by atoms with Crippen LogP contribution in [0.15, 0.2) is 42.5 Å². The Morgan fingerprint density at radius 2 is 1.74 bits per heavy atom. The fraction of sp³-hybridized carbons (Fsp3) is 0.188. The van der Waals surface area contributed by atoms with Crippen LogP contribution in [0.4, 0.5) is 11.4 Å². The molecule has 0 spiro atoms. The highest BCUT2D eigenvalue weighted by Gasteiger charge is 2.10. The second-order valence-corrected chi connectivity index (χ2v) is 6.84. The predicted molar refractivity (Wildman–Crippen MR) is 90.6 cm³/mol. The van der Waals surface area contributed by atoms with Gasteiger partial charge in [-0.3, -0.25) is 9.52 Å². The van der Waals surface area contributed by atoms with Crippen LogP contribution in [0.1, 0.15) is 15.9 Å². The number of benzene rings is 2. The topological polar surface area (TPSA) is 84.5 Å². The number of rotatable bonds is 5. The third kappa shape index (κ3) is 4.72. The molecule has 0 saturated carbocycles. The Morgan fingerprint density at radius 1 is 1.09 bits per heavy atom. The smallest absolute Gasteiger partial charge is 0.255 e. The van der Waals surface area contributed by atoms with Gasteiger partial charge in [-0.05, 0) is 55.0 Å². The molecule has 2 rings (SSSR count). The molecule has 6 nitrogen and oxygen atoms in total. The summed E-state index contributed by atoms with van der Waals surface area (Å²) in [4.78, 5) is 12.2. The van der Waals surface area contributed by atoms with E-state index >= 15 is 0 Å². The van der Waals surface area contributed by atoms with Gasteiger partial charge in [0.15, 0.2) is 0 Å². The molecule has 0 radical (unpaired) electrons. The highest BCUT2D eigenvalue weighted by molar-refractivity contribution is 7.92. The molecule has 0 aliphatic heterocycles. The van der Waals surface area contributed by atoms with E-state index < -0.39 is 10.0 Å². The maximum Gasteiger partial charge on any atom is 0.255 e. The summed E-state index contributed by atoms with van der Waals surface area (Å²) in [6.07, 6.45) is 1.08. The zero-order valence-electron chi connectivity index (χ0n) is 13.1. The maximum atomic E-state index is 12.2. The molecule has 0 bridgehead atoms. The number of aryl methyl sites for hydroxylation is 1. The molecular formula is C16H18N2O4S. The molecule has 0 fully saturated rings. The summed E-state index contributed by atoms with van der Waals surface area (Å²) in [5.41, 5.74) is 2.20. The van der Waals surface area contributed by atoms with Gasteiger partial charge in [0.05, 0.1) is 19.1 Å². The number of sulfonamides is 1. The number of ether oxygens (including phenoxy) is 1. The highest BCUT2D eigenvalue weighted by atomic mass is 32.2. The number of hydrogen-bond donors (Lipinski definition) is 2. The molecular weight excluding hydrogens is 316 g/mol. The number of anilines is 2. The number of nitrogens with one attached hydrogen (secondary N) is 2. The van der Waals surface area contributed by atoms with E-state index in [2.05, 4.69) is 10.0 Å². The van der Waals surface area contributed by atoms with E-state index in [4.69, 9.17) is 4.74 Å². The average Bonchev–Trinajstić information content (AvgIpc) is 2.48. The molecule has 0 aromatic heterocycles. The van der Waals surface area contributed by atoms with Gasteiger partial charge in [-0.1, -0.05) is 0 Å². The van der Waals surface area contributed by atoms with Gasteiger partial charge in [0, 0.05) is 11.3 Å². The quantitative estimate of drug-likeness (QED) is 0.880. The van der Waals surface area contributed by atoms with Crippen molar-refractivity contribution in [2.24, 2.45) is 0 Å². The number of carbonyl (C=O) groups excluding carboxylic acids is 1. The number of methoxy groups -OCH3 is 1. The first-order chi connectivity index (χ1) is 10.8. The minimum Gasteiger partial charge on any atom is -0.497 e. The van der Waals surface area contributed by atoms with Crippen molar-refractivity contribution in [2.75, 3.05) is 23.4 Å². The zero-order chi connectivity index (χ0) is 17.0. The van der Waals surface area contributed by atoms with Crippen LogP contribution in [-0.2, 0) is 10.0 Å². The van der Waals surface area contributed by atoms with Crippen molar-refractivity contribution in [1.82, 2.24) is 0 Å². The second kappa shape index (κ2) is 6.70. The largest absolute Gasteiger partial charge is 0.497 e. The normalized spacial score (nSPS) is 10.9. The summed E-state index contributed by atoms with van der Waals surface area (Å²) >= 11 is 0. The lowest BCUT2D eigenvalue weighted by Crippen LogP contribution is -2.14. The van der Waals surface area contributed by atoms with Crippen molar-refractivity contribution in [3.8, 4) is 5.75 Å². The Hall–Kier alpha value is -2.54. The maximum absolute atomic E-state index is 12.2. The van der Waals surface area contributed by atoms with Crippen molar-refractivity contribution in [3.05, 3.63) is 53.6 Å². The van der Waals surface area contributed by atoms with Crippen molar-refractivity contribution in [1.29, 1.82) is 0 Å². The van der Waals surface area contributed by atoms with Gasteiger partial charge in [-0.2, -0.15) is 0 Å². The first-order valence-corrected chi connectivity index (χ1v) is 8.71. The Labute approximate surface area is 135 Å². The summed E-state index contributed by atoms with van der Waals surface area (Å²) in [6, 6.07) is 11.7. The van der Waals surface area contributed by atoms with Crippen molar-refractivity contribution >= 4 is 27.3 Å². The average molecular weight is 334 g/mol. The molecule has 2 aromatic rings. The number of hydrogen-bond acceptors (Lipinski definition) is 4. The molecule has 0 unspecified atom stereocenters. The monoisotopic (exact) mass is 334 g/mol. The van der Waals surface area contributed by atoms with Gasteiger partial charge >= 0.3 is 0 Å². The Balaban J connectivity index is 2.14. The standard InChI is InChI=1S/C16H18N2O4S/c1-11-10-12(4-9-15(11)18-23(3,20)21)16(19)17-13-5-7-14(22-2)8-6-13/h4-10,18H,1-3H3,(H,17,19). The van der Waals surface area contributed by atoms with E-state index in [1.807, 2.05) is 0 Å². The lowest BCUT2D eigenvalue weighted by atomic mass is 10.1. The van der Waals surface area contributed by atoms with E-state index in [0.29, 0.717) is 28.3 Å². The summed E-state index contributed by atoms with van der Waals surface area (Å²) in [5.74, 6) is 0.430. The molecule has 0 atom stereocenters. The van der Waals surface area contributed by atoms with E-state index in [0.717, 1.165) is 6.26 Å². The minimum atomic E-state index is -3.35. The fourth-order valence-corrected chi connectivity index (χ4v) is 2.63. The highest BCUT2D eigenvalue weighted by Crippen LogP contribution is 2.20. The Bertz CT molecular complexity index is 814. The fourth-order valence-electron chi connectivity index (χ4n) is 2.00. The third-order valence-corrected chi connectivity index (χ3v) is 3.72.